The van der Waals surface area contributed by atoms with E-state index in [2.05, 4.69) is 10.3 Å². The van der Waals surface area contributed by atoms with E-state index in [0.717, 1.165) is 25.0 Å². The van der Waals surface area contributed by atoms with E-state index in [0.29, 0.717) is 17.9 Å². The van der Waals surface area contributed by atoms with Crippen molar-refractivity contribution < 1.29 is 18.0 Å². The molecule has 1 aromatic heterocycles. The number of pyridine rings is 1. The van der Waals surface area contributed by atoms with Crippen LogP contribution in [0.4, 0.5) is 24.7 Å². The molecule has 4 nitrogen and oxygen atoms in total. The van der Waals surface area contributed by atoms with Gasteiger partial charge in [0.15, 0.2) is 0 Å². The summed E-state index contributed by atoms with van der Waals surface area (Å²) in [6.45, 7) is 2.69. The van der Waals surface area contributed by atoms with E-state index in [1.165, 1.54) is 24.4 Å². The van der Waals surface area contributed by atoms with Crippen molar-refractivity contribution in [1.29, 1.82) is 0 Å². The number of halogens is 3. The number of anilines is 2. The van der Waals surface area contributed by atoms with Crippen LogP contribution in [-0.4, -0.2) is 29.4 Å². The number of amides is 1. The van der Waals surface area contributed by atoms with Crippen LogP contribution in [0.5, 0.6) is 0 Å². The van der Waals surface area contributed by atoms with Crippen LogP contribution in [0.25, 0.3) is 0 Å². The van der Waals surface area contributed by atoms with Gasteiger partial charge in [-0.2, -0.15) is 13.2 Å². The van der Waals surface area contributed by atoms with Crippen molar-refractivity contribution in [2.75, 3.05) is 18.9 Å². The predicted octanol–water partition coefficient (Wildman–Crippen LogP) is 4.72. The smallest absolute Gasteiger partial charge is 0.342 e. The van der Waals surface area contributed by atoms with Crippen LogP contribution in [0.1, 0.15) is 35.7 Å². The second-order valence-electron chi connectivity index (χ2n) is 5.71. The summed E-state index contributed by atoms with van der Waals surface area (Å²) in [6.07, 6.45) is -1.07. The molecule has 25 heavy (non-hydrogen) atoms. The van der Waals surface area contributed by atoms with Gasteiger partial charge in [-0.05, 0) is 36.8 Å². The molecule has 1 heterocycles. The van der Waals surface area contributed by atoms with Crippen LogP contribution >= 0.6 is 0 Å². The SMILES string of the molecule is CCCCN(C)C(=O)c1ccnc(Nc2cccc(C(F)(F)F)c2)c1. The summed E-state index contributed by atoms with van der Waals surface area (Å²) >= 11 is 0. The Labute approximate surface area is 144 Å². The number of hydrogen-bond acceptors (Lipinski definition) is 3. The molecule has 1 N–H and O–H groups in total. The molecule has 0 aliphatic heterocycles. The fourth-order valence-corrected chi connectivity index (χ4v) is 2.27. The molecule has 0 saturated heterocycles. The third kappa shape index (κ3) is 5.20. The molecule has 2 rings (SSSR count). The summed E-state index contributed by atoms with van der Waals surface area (Å²) in [6, 6.07) is 7.95. The summed E-state index contributed by atoms with van der Waals surface area (Å²) in [5, 5.41) is 2.81. The van der Waals surface area contributed by atoms with Gasteiger partial charge in [-0.25, -0.2) is 4.98 Å². The van der Waals surface area contributed by atoms with Gasteiger partial charge in [0.1, 0.15) is 5.82 Å². The zero-order chi connectivity index (χ0) is 18.4. The second-order valence-corrected chi connectivity index (χ2v) is 5.71. The van der Waals surface area contributed by atoms with Crippen molar-refractivity contribution >= 4 is 17.4 Å². The largest absolute Gasteiger partial charge is 0.416 e. The molecule has 1 aromatic carbocycles. The molecule has 2 aromatic rings. The highest BCUT2D eigenvalue weighted by molar-refractivity contribution is 5.94. The van der Waals surface area contributed by atoms with Gasteiger partial charge < -0.3 is 10.2 Å². The molecule has 0 aliphatic rings. The van der Waals surface area contributed by atoms with Crippen molar-refractivity contribution in [2.24, 2.45) is 0 Å². The number of carbonyl (C=O) groups is 1. The maximum Gasteiger partial charge on any atom is 0.416 e. The fraction of sp³-hybridized carbons (Fsp3) is 0.333. The minimum atomic E-state index is -4.41. The zero-order valence-corrected chi connectivity index (χ0v) is 14.1. The van der Waals surface area contributed by atoms with Gasteiger partial charge >= 0.3 is 6.18 Å². The maximum absolute atomic E-state index is 12.8. The van der Waals surface area contributed by atoms with Gasteiger partial charge in [0.25, 0.3) is 5.91 Å². The Hall–Kier alpha value is -2.57. The lowest BCUT2D eigenvalue weighted by Crippen LogP contribution is -2.27. The Morgan fingerprint density at radius 2 is 2.00 bits per heavy atom. The molecule has 0 saturated carbocycles. The lowest BCUT2D eigenvalue weighted by atomic mass is 10.2. The molecule has 0 unspecified atom stereocenters. The number of unbranched alkanes of at least 4 members (excludes halogenated alkanes) is 1. The molecule has 0 bridgehead atoms. The number of benzene rings is 1. The summed E-state index contributed by atoms with van der Waals surface area (Å²) in [5.41, 5.74) is -0.0571. The molecule has 0 spiro atoms. The van der Waals surface area contributed by atoms with Crippen molar-refractivity contribution in [1.82, 2.24) is 9.88 Å². The van der Waals surface area contributed by atoms with E-state index >= 15 is 0 Å². The molecule has 0 fully saturated rings. The van der Waals surface area contributed by atoms with Crippen molar-refractivity contribution in [3.8, 4) is 0 Å². The third-order valence-electron chi connectivity index (χ3n) is 3.66. The van der Waals surface area contributed by atoms with Gasteiger partial charge in [-0.15, -0.1) is 0 Å². The van der Waals surface area contributed by atoms with E-state index in [-0.39, 0.29) is 11.6 Å². The monoisotopic (exact) mass is 351 g/mol. The normalized spacial score (nSPS) is 11.2. The van der Waals surface area contributed by atoms with E-state index in [4.69, 9.17) is 0 Å². The Morgan fingerprint density at radius 1 is 1.24 bits per heavy atom. The Morgan fingerprint density at radius 3 is 2.68 bits per heavy atom. The summed E-state index contributed by atoms with van der Waals surface area (Å²) < 4.78 is 38.3. The summed E-state index contributed by atoms with van der Waals surface area (Å²) in [7, 11) is 1.72. The number of aromatic nitrogens is 1. The van der Waals surface area contributed by atoms with Gasteiger partial charge in [0.2, 0.25) is 0 Å². The first-order valence-corrected chi connectivity index (χ1v) is 7.97. The first kappa shape index (κ1) is 18.8. The average Bonchev–Trinajstić information content (AvgIpc) is 2.58. The Balaban J connectivity index is 2.15. The Kier molecular flexibility index (Phi) is 6.01. The number of rotatable bonds is 6. The minimum absolute atomic E-state index is 0.150. The van der Waals surface area contributed by atoms with Crippen LogP contribution in [0, 0.1) is 0 Å². The number of nitrogens with zero attached hydrogens (tertiary/aromatic N) is 2. The molecular formula is C18H20F3N3O. The van der Waals surface area contributed by atoms with Crippen LogP contribution < -0.4 is 5.32 Å². The molecule has 1 amide bonds. The third-order valence-corrected chi connectivity index (χ3v) is 3.66. The van der Waals surface area contributed by atoms with Gasteiger partial charge in [0.05, 0.1) is 5.56 Å². The molecule has 0 aliphatic carbocycles. The van der Waals surface area contributed by atoms with Gasteiger partial charge in [-0.1, -0.05) is 19.4 Å². The van der Waals surface area contributed by atoms with E-state index in [9.17, 15) is 18.0 Å². The summed E-state index contributed by atoms with van der Waals surface area (Å²) in [5.74, 6) is 0.164. The number of alkyl halides is 3. The highest BCUT2D eigenvalue weighted by Crippen LogP contribution is 2.31. The lowest BCUT2D eigenvalue weighted by Gasteiger charge is -2.17. The minimum Gasteiger partial charge on any atom is -0.342 e. The van der Waals surface area contributed by atoms with Crippen LogP contribution in [0.3, 0.4) is 0 Å². The molecule has 0 atom stereocenters. The standard InChI is InChI=1S/C18H20F3N3O/c1-3-4-10-24(2)17(25)13-8-9-22-16(11-13)23-15-7-5-6-14(12-15)18(19,20)21/h5-9,11-12H,3-4,10H2,1-2H3,(H,22,23). The number of nitrogens with one attached hydrogen (secondary N) is 1. The fourth-order valence-electron chi connectivity index (χ4n) is 2.27. The molecule has 134 valence electrons. The lowest BCUT2D eigenvalue weighted by molar-refractivity contribution is -0.137. The van der Waals surface area contributed by atoms with Crippen molar-refractivity contribution in [2.45, 2.75) is 25.9 Å². The molecule has 7 heteroatoms. The van der Waals surface area contributed by atoms with Gasteiger partial charge in [-0.3, -0.25) is 4.79 Å². The average molecular weight is 351 g/mol. The molecule has 0 radical (unpaired) electrons. The maximum atomic E-state index is 12.8. The highest BCUT2D eigenvalue weighted by Gasteiger charge is 2.30. The first-order chi connectivity index (χ1) is 11.8. The Bertz CT molecular complexity index is 732. The summed E-state index contributed by atoms with van der Waals surface area (Å²) in [4.78, 5) is 18.0. The highest BCUT2D eigenvalue weighted by atomic mass is 19.4. The number of carbonyl (C=O) groups excluding carboxylic acids is 1. The van der Waals surface area contributed by atoms with Crippen LogP contribution in [-0.2, 0) is 6.18 Å². The van der Waals surface area contributed by atoms with Crippen LogP contribution in [0.15, 0.2) is 42.6 Å². The van der Waals surface area contributed by atoms with Crippen molar-refractivity contribution in [3.05, 3.63) is 53.7 Å². The first-order valence-electron chi connectivity index (χ1n) is 7.97. The predicted molar refractivity (Wildman–Crippen MR) is 90.8 cm³/mol. The quantitative estimate of drug-likeness (QED) is 0.819. The van der Waals surface area contributed by atoms with E-state index in [1.54, 1.807) is 18.0 Å². The van der Waals surface area contributed by atoms with Crippen molar-refractivity contribution in [3.63, 3.8) is 0 Å². The molecular weight excluding hydrogens is 331 g/mol. The second kappa shape index (κ2) is 8.00. The zero-order valence-electron chi connectivity index (χ0n) is 14.1. The van der Waals surface area contributed by atoms with E-state index in [1.807, 2.05) is 6.92 Å². The van der Waals surface area contributed by atoms with Crippen LogP contribution in [0.2, 0.25) is 0 Å². The topological polar surface area (TPSA) is 45.2 Å². The van der Waals surface area contributed by atoms with E-state index < -0.39 is 11.7 Å². The van der Waals surface area contributed by atoms with Gasteiger partial charge in [0, 0.05) is 31.0 Å². The number of hydrogen-bond donors (Lipinski definition) is 1.